The van der Waals surface area contributed by atoms with Crippen molar-refractivity contribution in [1.82, 2.24) is 9.88 Å². The zero-order valence-corrected chi connectivity index (χ0v) is 14.2. The van der Waals surface area contributed by atoms with Crippen molar-refractivity contribution in [1.29, 1.82) is 0 Å². The molecule has 1 aromatic carbocycles. The Labute approximate surface area is 141 Å². The molecule has 1 aliphatic heterocycles. The molecule has 0 bridgehead atoms. The molecule has 1 saturated heterocycles. The normalized spacial score (nSPS) is 29.9. The number of nitrogens with zero attached hydrogens (tertiary/aromatic N) is 1. The molecule has 1 aromatic heterocycles. The van der Waals surface area contributed by atoms with Crippen LogP contribution in [-0.4, -0.2) is 52.3 Å². The number of aromatic amines is 1. The highest BCUT2D eigenvalue weighted by molar-refractivity contribution is 6.01. The van der Waals surface area contributed by atoms with Crippen LogP contribution in [0.4, 0.5) is 0 Å². The van der Waals surface area contributed by atoms with Crippen LogP contribution < -0.4 is 0 Å². The predicted octanol–water partition coefficient (Wildman–Crippen LogP) is 2.62. The number of para-hydroxylation sites is 1. The van der Waals surface area contributed by atoms with E-state index in [4.69, 9.17) is 4.74 Å². The minimum absolute atomic E-state index is 0.0155. The average Bonchev–Trinajstić information content (AvgIpc) is 3.13. The van der Waals surface area contributed by atoms with Gasteiger partial charge in [-0.25, -0.2) is 0 Å². The van der Waals surface area contributed by atoms with Crippen molar-refractivity contribution < 1.29 is 14.6 Å². The van der Waals surface area contributed by atoms with Crippen LogP contribution in [0.5, 0.6) is 0 Å². The highest BCUT2D eigenvalue weighted by Gasteiger charge is 2.52. The topological polar surface area (TPSA) is 65.6 Å². The molecule has 1 aliphatic carbocycles. The molecule has 2 aliphatic rings. The maximum atomic E-state index is 13.2. The highest BCUT2D eigenvalue weighted by Crippen LogP contribution is 2.43. The lowest BCUT2D eigenvalue weighted by atomic mass is 9.79. The number of rotatable bonds is 2. The van der Waals surface area contributed by atoms with Gasteiger partial charge in [0.05, 0.1) is 17.7 Å². The first-order valence-electron chi connectivity index (χ1n) is 8.67. The predicted molar refractivity (Wildman–Crippen MR) is 92.1 cm³/mol. The zero-order chi connectivity index (χ0) is 16.9. The molecule has 128 valence electrons. The van der Waals surface area contributed by atoms with E-state index in [0.717, 1.165) is 35.7 Å². The maximum absolute atomic E-state index is 13.2. The Bertz CT molecular complexity index is 784. The molecule has 2 fully saturated rings. The number of carbonyl (C=O) groups excluding carboxylic acids is 1. The number of aromatic nitrogens is 1. The van der Waals surface area contributed by atoms with Crippen molar-refractivity contribution in [2.45, 2.75) is 50.4 Å². The molecule has 3 atom stereocenters. The van der Waals surface area contributed by atoms with E-state index >= 15 is 0 Å². The van der Waals surface area contributed by atoms with Crippen molar-refractivity contribution in [2.24, 2.45) is 0 Å². The number of aliphatic hydroxyl groups is 1. The third-order valence-electron chi connectivity index (χ3n) is 6.00. The minimum Gasteiger partial charge on any atom is -0.393 e. The van der Waals surface area contributed by atoms with Gasteiger partial charge < -0.3 is 19.7 Å². The van der Waals surface area contributed by atoms with Gasteiger partial charge in [-0.05, 0) is 44.2 Å². The van der Waals surface area contributed by atoms with Crippen LogP contribution >= 0.6 is 0 Å². The van der Waals surface area contributed by atoms with E-state index in [2.05, 4.69) is 4.98 Å². The number of methoxy groups -OCH3 is 1. The first kappa shape index (κ1) is 15.7. The van der Waals surface area contributed by atoms with Gasteiger partial charge in [-0.3, -0.25) is 4.79 Å². The fourth-order valence-electron chi connectivity index (χ4n) is 4.56. The third kappa shape index (κ3) is 2.19. The summed E-state index contributed by atoms with van der Waals surface area (Å²) in [5, 5.41) is 11.2. The van der Waals surface area contributed by atoms with Gasteiger partial charge in [-0.15, -0.1) is 0 Å². The Balaban J connectivity index is 1.70. The number of nitrogens with one attached hydrogen (secondary N) is 1. The van der Waals surface area contributed by atoms with Gasteiger partial charge >= 0.3 is 0 Å². The van der Waals surface area contributed by atoms with Crippen molar-refractivity contribution in [3.05, 3.63) is 35.5 Å². The second-order valence-corrected chi connectivity index (χ2v) is 7.13. The molecule has 2 aromatic rings. The zero-order valence-electron chi connectivity index (χ0n) is 14.2. The summed E-state index contributed by atoms with van der Waals surface area (Å²) >= 11 is 0. The first-order valence-corrected chi connectivity index (χ1v) is 8.67. The van der Waals surface area contributed by atoms with Crippen LogP contribution in [0.2, 0.25) is 0 Å². The lowest BCUT2D eigenvalue weighted by Crippen LogP contribution is -2.52. The van der Waals surface area contributed by atoms with Gasteiger partial charge in [0.25, 0.3) is 5.91 Å². The summed E-state index contributed by atoms with van der Waals surface area (Å²) in [6.07, 6.45) is 2.64. The third-order valence-corrected chi connectivity index (χ3v) is 6.00. The number of likely N-dealkylation sites (tertiary alicyclic amines) is 1. The van der Waals surface area contributed by atoms with Crippen molar-refractivity contribution >= 4 is 16.8 Å². The molecule has 5 heteroatoms. The number of ether oxygens (including phenoxy) is 1. The maximum Gasteiger partial charge on any atom is 0.270 e. The quantitative estimate of drug-likeness (QED) is 0.890. The van der Waals surface area contributed by atoms with Crippen molar-refractivity contribution in [2.75, 3.05) is 13.7 Å². The van der Waals surface area contributed by atoms with Crippen LogP contribution in [0.25, 0.3) is 10.9 Å². The number of aliphatic hydroxyl groups excluding tert-OH is 1. The number of fused-ring (bicyclic) bond motifs is 2. The van der Waals surface area contributed by atoms with E-state index in [9.17, 15) is 9.90 Å². The van der Waals surface area contributed by atoms with E-state index in [1.165, 1.54) is 0 Å². The van der Waals surface area contributed by atoms with Gasteiger partial charge in [0.2, 0.25) is 0 Å². The fourth-order valence-corrected chi connectivity index (χ4v) is 4.56. The Morgan fingerprint density at radius 1 is 1.38 bits per heavy atom. The molecule has 2 N–H and O–H groups in total. The standard InChI is InChI=1S/C19H24N2O3/c1-12-14-5-3-4-6-15(14)20-17(12)18(23)21-10-9-19(24-2)8-7-13(22)11-16(19)21/h3-6,13,16,20,22H,7-11H2,1-2H3/t13-,16+,19-/m1/s1. The van der Waals surface area contributed by atoms with E-state index in [-0.39, 0.29) is 23.7 Å². The highest BCUT2D eigenvalue weighted by atomic mass is 16.5. The summed E-state index contributed by atoms with van der Waals surface area (Å²) in [5.41, 5.74) is 2.33. The second kappa shape index (κ2) is 5.60. The summed E-state index contributed by atoms with van der Waals surface area (Å²) in [5.74, 6) is 0.0155. The van der Waals surface area contributed by atoms with Crippen LogP contribution in [0.3, 0.4) is 0 Å². The summed E-state index contributed by atoms with van der Waals surface area (Å²) in [7, 11) is 1.73. The molecule has 4 rings (SSSR count). The van der Waals surface area contributed by atoms with Gasteiger partial charge in [0.15, 0.2) is 0 Å². The number of carbonyl (C=O) groups is 1. The Morgan fingerprint density at radius 3 is 2.92 bits per heavy atom. The van der Waals surface area contributed by atoms with Crippen LogP contribution in [0.15, 0.2) is 24.3 Å². The average molecular weight is 328 g/mol. The fraction of sp³-hybridized carbons (Fsp3) is 0.526. The number of amides is 1. The van der Waals surface area contributed by atoms with Gasteiger partial charge in [-0.1, -0.05) is 18.2 Å². The summed E-state index contributed by atoms with van der Waals surface area (Å²) in [6.45, 7) is 2.67. The molecular weight excluding hydrogens is 304 g/mol. The summed E-state index contributed by atoms with van der Waals surface area (Å²) in [4.78, 5) is 18.4. The van der Waals surface area contributed by atoms with Gasteiger partial charge in [-0.2, -0.15) is 0 Å². The second-order valence-electron chi connectivity index (χ2n) is 7.13. The van der Waals surface area contributed by atoms with Crippen LogP contribution in [0, 0.1) is 6.92 Å². The van der Waals surface area contributed by atoms with Crippen molar-refractivity contribution in [3.8, 4) is 0 Å². The lowest BCUT2D eigenvalue weighted by molar-refractivity contribution is -0.0824. The van der Waals surface area contributed by atoms with Gasteiger partial charge in [0.1, 0.15) is 5.69 Å². The summed E-state index contributed by atoms with van der Waals surface area (Å²) in [6, 6.07) is 7.93. The number of aryl methyl sites for hydroxylation is 1. The van der Waals surface area contributed by atoms with E-state index in [0.29, 0.717) is 18.7 Å². The van der Waals surface area contributed by atoms with Crippen molar-refractivity contribution in [3.63, 3.8) is 0 Å². The first-order chi connectivity index (χ1) is 11.6. The molecule has 24 heavy (non-hydrogen) atoms. The molecule has 1 saturated carbocycles. The smallest absolute Gasteiger partial charge is 0.270 e. The van der Waals surface area contributed by atoms with E-state index < -0.39 is 0 Å². The number of benzene rings is 1. The molecule has 1 amide bonds. The molecule has 0 radical (unpaired) electrons. The van der Waals surface area contributed by atoms with Crippen LogP contribution in [-0.2, 0) is 4.74 Å². The molecule has 5 nitrogen and oxygen atoms in total. The SMILES string of the molecule is CO[C@@]12CC[C@@H](O)C[C@@H]1N(C(=O)c1[nH]c3ccccc3c1C)CC2. The van der Waals surface area contributed by atoms with E-state index in [1.54, 1.807) is 7.11 Å². The summed E-state index contributed by atoms with van der Waals surface area (Å²) < 4.78 is 5.84. The molecule has 0 unspecified atom stereocenters. The monoisotopic (exact) mass is 328 g/mol. The minimum atomic E-state index is -0.351. The number of hydrogen-bond acceptors (Lipinski definition) is 3. The molecular formula is C19H24N2O3. The molecule has 0 spiro atoms. The Hall–Kier alpha value is -1.85. The number of H-pyrrole nitrogens is 1. The Kier molecular flexibility index (Phi) is 3.66. The van der Waals surface area contributed by atoms with Gasteiger partial charge in [0, 0.05) is 24.6 Å². The number of hydrogen-bond donors (Lipinski definition) is 2. The van der Waals surface area contributed by atoms with E-state index in [1.807, 2.05) is 36.1 Å². The van der Waals surface area contributed by atoms with Crippen LogP contribution in [0.1, 0.15) is 41.7 Å². The molecule has 2 heterocycles. The largest absolute Gasteiger partial charge is 0.393 e. The Morgan fingerprint density at radius 2 is 2.17 bits per heavy atom. The lowest BCUT2D eigenvalue weighted by Gasteiger charge is -2.42.